The Hall–Kier alpha value is -1.75. The largest absolute Gasteiger partial charge is 0.332 e. The van der Waals surface area contributed by atoms with E-state index < -0.39 is 0 Å². The number of fused-ring (bicyclic) bond motifs is 1. The lowest BCUT2D eigenvalue weighted by atomic mass is 10.3. The number of amides is 2. The maximum Gasteiger partial charge on any atom is 0.317 e. The second-order valence-electron chi connectivity index (χ2n) is 4.64. The zero-order valence-electron chi connectivity index (χ0n) is 11.2. The molecule has 0 saturated heterocycles. The van der Waals surface area contributed by atoms with E-state index in [2.05, 4.69) is 10.3 Å². The first-order valence-corrected chi connectivity index (χ1v) is 6.50. The molecule has 2 aromatic rings. The molecule has 0 bridgehead atoms. The molecule has 0 radical (unpaired) electrons. The summed E-state index contributed by atoms with van der Waals surface area (Å²) >= 11 is 6.22. The lowest BCUT2D eigenvalue weighted by molar-refractivity contribution is 0.197. The van der Waals surface area contributed by atoms with Crippen molar-refractivity contribution in [1.82, 2.24) is 19.6 Å². The van der Waals surface area contributed by atoms with Crippen molar-refractivity contribution in [2.75, 3.05) is 7.05 Å². The fourth-order valence-corrected chi connectivity index (χ4v) is 1.90. The zero-order valence-corrected chi connectivity index (χ0v) is 12.0. The molecule has 0 fully saturated rings. The molecule has 0 unspecified atom stereocenters. The third-order valence-electron chi connectivity index (χ3n) is 3.04. The summed E-state index contributed by atoms with van der Waals surface area (Å²) < 4.78 is 1.79. The average Bonchev–Trinajstić information content (AvgIpc) is 2.72. The maximum atomic E-state index is 11.8. The molecule has 6 heteroatoms. The van der Waals surface area contributed by atoms with Gasteiger partial charge in [0.25, 0.3) is 0 Å². The van der Waals surface area contributed by atoms with Crippen LogP contribution in [0.2, 0.25) is 5.15 Å². The summed E-state index contributed by atoms with van der Waals surface area (Å²) in [6, 6.07) is 5.67. The smallest absolute Gasteiger partial charge is 0.317 e. The minimum absolute atomic E-state index is 0.136. The van der Waals surface area contributed by atoms with Crippen LogP contribution in [0.1, 0.15) is 19.5 Å². The van der Waals surface area contributed by atoms with E-state index >= 15 is 0 Å². The summed E-state index contributed by atoms with van der Waals surface area (Å²) in [5, 5.41) is 3.34. The monoisotopic (exact) mass is 280 g/mol. The van der Waals surface area contributed by atoms with E-state index in [0.29, 0.717) is 17.4 Å². The molecule has 5 nitrogen and oxygen atoms in total. The Morgan fingerprint density at radius 2 is 2.26 bits per heavy atom. The Kier molecular flexibility index (Phi) is 3.95. The van der Waals surface area contributed by atoms with Crippen molar-refractivity contribution in [3.8, 4) is 0 Å². The van der Waals surface area contributed by atoms with E-state index in [1.54, 1.807) is 16.3 Å². The van der Waals surface area contributed by atoms with Crippen LogP contribution in [0, 0.1) is 0 Å². The third-order valence-corrected chi connectivity index (χ3v) is 3.44. The van der Waals surface area contributed by atoms with E-state index in [0.717, 1.165) is 5.65 Å². The Morgan fingerprint density at radius 3 is 2.89 bits per heavy atom. The zero-order chi connectivity index (χ0) is 14.0. The Bertz CT molecular complexity index is 593. The molecule has 0 atom stereocenters. The fourth-order valence-electron chi connectivity index (χ4n) is 1.65. The van der Waals surface area contributed by atoms with Crippen LogP contribution in [-0.4, -0.2) is 33.4 Å². The van der Waals surface area contributed by atoms with Crippen molar-refractivity contribution < 1.29 is 4.79 Å². The van der Waals surface area contributed by atoms with Crippen LogP contribution in [-0.2, 0) is 6.54 Å². The van der Waals surface area contributed by atoms with E-state index in [1.807, 2.05) is 38.2 Å². The van der Waals surface area contributed by atoms with E-state index in [1.165, 1.54) is 0 Å². The van der Waals surface area contributed by atoms with Gasteiger partial charge >= 0.3 is 6.03 Å². The molecular weight excluding hydrogens is 264 g/mol. The molecule has 0 aliphatic carbocycles. The summed E-state index contributed by atoms with van der Waals surface area (Å²) in [5.74, 6) is 0. The van der Waals surface area contributed by atoms with Gasteiger partial charge in [0.15, 0.2) is 0 Å². The van der Waals surface area contributed by atoms with Crippen LogP contribution >= 0.6 is 11.6 Å². The van der Waals surface area contributed by atoms with E-state index in [4.69, 9.17) is 11.6 Å². The first-order valence-electron chi connectivity index (χ1n) is 6.13. The normalized spacial score (nSPS) is 11.0. The second-order valence-corrected chi connectivity index (χ2v) is 5.00. The molecule has 2 aromatic heterocycles. The van der Waals surface area contributed by atoms with Gasteiger partial charge in [0.05, 0.1) is 12.2 Å². The standard InChI is InChI=1S/C13H17ClN4O/c1-9(2)17(3)13(19)15-8-10-12(14)18-7-5-4-6-11(18)16-10/h4-7,9H,8H2,1-3H3,(H,15,19). The number of nitrogens with one attached hydrogen (secondary N) is 1. The molecular formula is C13H17ClN4O. The van der Waals surface area contributed by atoms with E-state index in [-0.39, 0.29) is 12.1 Å². The molecule has 0 aromatic carbocycles. The van der Waals surface area contributed by atoms with Crippen molar-refractivity contribution in [1.29, 1.82) is 0 Å². The highest BCUT2D eigenvalue weighted by Crippen LogP contribution is 2.17. The van der Waals surface area contributed by atoms with Gasteiger partial charge in [-0.1, -0.05) is 17.7 Å². The average molecular weight is 281 g/mol. The van der Waals surface area contributed by atoms with Crippen LogP contribution in [0.5, 0.6) is 0 Å². The lowest BCUT2D eigenvalue weighted by Gasteiger charge is -2.21. The number of carbonyl (C=O) groups excluding carboxylic acids is 1. The number of rotatable bonds is 3. The van der Waals surface area contributed by atoms with Crippen molar-refractivity contribution in [2.24, 2.45) is 0 Å². The van der Waals surface area contributed by atoms with Crippen molar-refractivity contribution in [2.45, 2.75) is 26.4 Å². The first kappa shape index (κ1) is 13.7. The van der Waals surface area contributed by atoms with Gasteiger partial charge in [0, 0.05) is 19.3 Å². The number of carbonyl (C=O) groups is 1. The van der Waals surface area contributed by atoms with Gasteiger partial charge in [0.2, 0.25) is 0 Å². The Balaban J connectivity index is 2.10. The predicted octanol–water partition coefficient (Wildman–Crippen LogP) is 2.54. The van der Waals surface area contributed by atoms with Gasteiger partial charge in [-0.15, -0.1) is 0 Å². The molecule has 19 heavy (non-hydrogen) atoms. The number of halogens is 1. The van der Waals surface area contributed by atoms with Crippen LogP contribution < -0.4 is 5.32 Å². The van der Waals surface area contributed by atoms with Gasteiger partial charge in [-0.3, -0.25) is 4.40 Å². The quantitative estimate of drug-likeness (QED) is 0.939. The molecule has 0 aliphatic rings. The van der Waals surface area contributed by atoms with Gasteiger partial charge < -0.3 is 10.2 Å². The number of hydrogen-bond donors (Lipinski definition) is 1. The topological polar surface area (TPSA) is 49.6 Å². The van der Waals surface area contributed by atoms with Gasteiger partial charge in [-0.2, -0.15) is 0 Å². The van der Waals surface area contributed by atoms with Crippen molar-refractivity contribution in [3.05, 3.63) is 35.2 Å². The van der Waals surface area contributed by atoms with Crippen LogP contribution in [0.4, 0.5) is 4.79 Å². The summed E-state index contributed by atoms with van der Waals surface area (Å²) in [6.45, 7) is 4.23. The number of urea groups is 1. The summed E-state index contributed by atoms with van der Waals surface area (Å²) in [4.78, 5) is 17.8. The summed E-state index contributed by atoms with van der Waals surface area (Å²) in [7, 11) is 1.76. The number of imidazole rings is 1. The van der Waals surface area contributed by atoms with Gasteiger partial charge in [-0.05, 0) is 26.0 Å². The minimum atomic E-state index is -0.136. The van der Waals surface area contributed by atoms with Crippen LogP contribution in [0.3, 0.4) is 0 Å². The highest BCUT2D eigenvalue weighted by molar-refractivity contribution is 6.30. The number of nitrogens with zero attached hydrogens (tertiary/aromatic N) is 3. The van der Waals surface area contributed by atoms with Gasteiger partial charge in [0.1, 0.15) is 10.8 Å². The SMILES string of the molecule is CC(C)N(C)C(=O)NCc1nc2ccccn2c1Cl. The second kappa shape index (κ2) is 5.48. The van der Waals surface area contributed by atoms with Crippen LogP contribution in [0.25, 0.3) is 5.65 Å². The highest BCUT2D eigenvalue weighted by atomic mass is 35.5. The molecule has 2 heterocycles. The minimum Gasteiger partial charge on any atom is -0.332 e. The molecule has 0 aliphatic heterocycles. The summed E-state index contributed by atoms with van der Waals surface area (Å²) in [6.07, 6.45) is 1.84. The molecule has 1 N–H and O–H groups in total. The fraction of sp³-hybridized carbons (Fsp3) is 0.385. The van der Waals surface area contributed by atoms with Crippen LogP contribution in [0.15, 0.2) is 24.4 Å². The summed E-state index contributed by atoms with van der Waals surface area (Å²) in [5.41, 5.74) is 1.44. The molecule has 0 spiro atoms. The maximum absolute atomic E-state index is 11.8. The first-order chi connectivity index (χ1) is 9.00. The number of pyridine rings is 1. The third kappa shape index (κ3) is 2.81. The predicted molar refractivity (Wildman–Crippen MR) is 75.3 cm³/mol. The Labute approximate surface area is 117 Å². The van der Waals surface area contributed by atoms with E-state index in [9.17, 15) is 4.79 Å². The molecule has 102 valence electrons. The van der Waals surface area contributed by atoms with Crippen molar-refractivity contribution >= 4 is 23.3 Å². The lowest BCUT2D eigenvalue weighted by Crippen LogP contribution is -2.40. The number of hydrogen-bond acceptors (Lipinski definition) is 2. The molecule has 2 amide bonds. The Morgan fingerprint density at radius 1 is 1.53 bits per heavy atom. The molecule has 0 saturated carbocycles. The number of aromatic nitrogens is 2. The van der Waals surface area contributed by atoms with Gasteiger partial charge in [-0.25, -0.2) is 9.78 Å². The molecule has 2 rings (SSSR count). The highest BCUT2D eigenvalue weighted by Gasteiger charge is 2.14. The van der Waals surface area contributed by atoms with Crippen molar-refractivity contribution in [3.63, 3.8) is 0 Å².